The molecule has 0 radical (unpaired) electrons. The van der Waals surface area contributed by atoms with Gasteiger partial charge in [0.15, 0.2) is 8.32 Å². The average molecular weight is 301 g/mol. The Bertz CT molecular complexity index is 355. The molecule has 1 aliphatic rings. The molecule has 0 bridgehead atoms. The minimum atomic E-state index is -1.84. The van der Waals surface area contributed by atoms with E-state index in [0.717, 1.165) is 25.7 Å². The van der Waals surface area contributed by atoms with E-state index >= 15 is 0 Å². The molecule has 0 aromatic carbocycles. The molecule has 0 amide bonds. The van der Waals surface area contributed by atoms with Crippen LogP contribution in [0.25, 0.3) is 0 Å². The molecule has 0 aliphatic heterocycles. The second kappa shape index (κ2) is 5.80. The topological polar surface area (TPSA) is 46.5 Å². The van der Waals surface area contributed by atoms with Gasteiger partial charge in [-0.05, 0) is 50.7 Å². The zero-order valence-corrected chi connectivity index (χ0v) is 15.2. The number of hydrogen-bond acceptors (Lipinski definition) is 2. The van der Waals surface area contributed by atoms with Crippen LogP contribution in [0.5, 0.6) is 0 Å². The zero-order valence-electron chi connectivity index (χ0n) is 14.2. The monoisotopic (exact) mass is 300 g/mol. The van der Waals surface area contributed by atoms with Crippen LogP contribution in [-0.2, 0) is 9.22 Å². The van der Waals surface area contributed by atoms with Gasteiger partial charge in [0.1, 0.15) is 0 Å². The van der Waals surface area contributed by atoms with Crippen LogP contribution < -0.4 is 0 Å². The Morgan fingerprint density at radius 2 is 1.60 bits per heavy atom. The second-order valence-corrected chi connectivity index (χ2v) is 13.1. The fourth-order valence-corrected chi connectivity index (χ4v) is 4.17. The Morgan fingerprint density at radius 1 is 1.10 bits per heavy atom. The van der Waals surface area contributed by atoms with E-state index in [1.165, 1.54) is 0 Å². The molecule has 0 aromatic heterocycles. The van der Waals surface area contributed by atoms with Gasteiger partial charge in [-0.25, -0.2) is 0 Å². The summed E-state index contributed by atoms with van der Waals surface area (Å²) in [5, 5.41) is 9.69. The van der Waals surface area contributed by atoms with Gasteiger partial charge in [0.05, 0.1) is 5.41 Å². The summed E-state index contributed by atoms with van der Waals surface area (Å²) in [5.41, 5.74) is -0.701. The predicted molar refractivity (Wildman–Crippen MR) is 85.4 cm³/mol. The van der Waals surface area contributed by atoms with Crippen LogP contribution in [0.15, 0.2) is 0 Å². The molecule has 0 spiro atoms. The number of aliphatic carboxylic acids is 1. The molecule has 0 heterocycles. The Morgan fingerprint density at radius 3 is 2.05 bits per heavy atom. The summed E-state index contributed by atoms with van der Waals surface area (Å²) in [6.45, 7) is 14.9. The first-order chi connectivity index (χ1) is 8.89. The highest BCUT2D eigenvalue weighted by atomic mass is 28.4. The van der Waals surface area contributed by atoms with E-state index in [-0.39, 0.29) is 17.1 Å². The van der Waals surface area contributed by atoms with Crippen LogP contribution >= 0.6 is 0 Å². The van der Waals surface area contributed by atoms with Crippen LogP contribution in [0.2, 0.25) is 18.1 Å². The van der Waals surface area contributed by atoms with Crippen LogP contribution in [0.1, 0.15) is 60.3 Å². The number of rotatable bonds is 4. The van der Waals surface area contributed by atoms with E-state index in [0.29, 0.717) is 0 Å². The Balaban J connectivity index is 2.94. The Kier molecular flexibility index (Phi) is 5.13. The van der Waals surface area contributed by atoms with Gasteiger partial charge in [-0.2, -0.15) is 0 Å². The number of hydrogen-bond donors (Lipinski definition) is 1. The quantitative estimate of drug-likeness (QED) is 0.767. The van der Waals surface area contributed by atoms with Crippen molar-refractivity contribution in [2.24, 2.45) is 11.3 Å². The van der Waals surface area contributed by atoms with Crippen LogP contribution in [0.3, 0.4) is 0 Å². The Labute approximate surface area is 125 Å². The van der Waals surface area contributed by atoms with Crippen LogP contribution in [-0.4, -0.2) is 25.5 Å². The van der Waals surface area contributed by atoms with Crippen molar-refractivity contribution in [2.45, 2.75) is 84.5 Å². The molecule has 1 N–H and O–H groups in total. The largest absolute Gasteiger partial charge is 0.481 e. The van der Waals surface area contributed by atoms with Gasteiger partial charge in [0.25, 0.3) is 0 Å². The molecule has 1 fully saturated rings. The van der Waals surface area contributed by atoms with E-state index in [1.807, 2.05) is 13.8 Å². The Hall–Kier alpha value is -0.353. The van der Waals surface area contributed by atoms with Gasteiger partial charge in [-0.15, -0.1) is 0 Å². The molecule has 4 heteroatoms. The highest BCUT2D eigenvalue weighted by molar-refractivity contribution is 6.74. The molecule has 1 aliphatic carbocycles. The van der Waals surface area contributed by atoms with Crippen LogP contribution in [0.4, 0.5) is 0 Å². The molecular weight excluding hydrogens is 268 g/mol. The number of carboxylic acids is 1. The molecule has 2 atom stereocenters. The maximum absolute atomic E-state index is 11.6. The molecule has 118 valence electrons. The van der Waals surface area contributed by atoms with Gasteiger partial charge in [0, 0.05) is 6.10 Å². The lowest BCUT2D eigenvalue weighted by Crippen LogP contribution is -2.50. The van der Waals surface area contributed by atoms with Gasteiger partial charge in [0.2, 0.25) is 0 Å². The normalized spacial score (nSPS) is 25.6. The summed E-state index contributed by atoms with van der Waals surface area (Å²) in [4.78, 5) is 11.6. The molecule has 3 nitrogen and oxygen atoms in total. The standard InChI is InChI=1S/C16H32O3Si/c1-15(2,3)20(6,7)19-13-11-9-8-10-12(13)16(4,5)14(17)18/h12-13H,8-11H2,1-7H3,(H,17,18)/t12-,13-/m1/s1. The fourth-order valence-electron chi connectivity index (χ4n) is 2.78. The molecule has 1 rings (SSSR count). The summed E-state index contributed by atoms with van der Waals surface area (Å²) < 4.78 is 6.57. The summed E-state index contributed by atoms with van der Waals surface area (Å²) in [6.07, 6.45) is 4.37. The van der Waals surface area contributed by atoms with Crippen molar-refractivity contribution in [3.63, 3.8) is 0 Å². The lowest BCUT2D eigenvalue weighted by atomic mass is 9.69. The van der Waals surface area contributed by atoms with Gasteiger partial charge < -0.3 is 9.53 Å². The first kappa shape index (κ1) is 17.7. The van der Waals surface area contributed by atoms with Crippen molar-refractivity contribution in [1.29, 1.82) is 0 Å². The third-order valence-corrected chi connectivity index (χ3v) is 9.94. The first-order valence-electron chi connectivity index (χ1n) is 7.81. The highest BCUT2D eigenvalue weighted by Gasteiger charge is 2.47. The first-order valence-corrected chi connectivity index (χ1v) is 10.7. The van der Waals surface area contributed by atoms with Gasteiger partial charge >= 0.3 is 5.97 Å². The van der Waals surface area contributed by atoms with E-state index in [1.54, 1.807) is 0 Å². The fraction of sp³-hybridized carbons (Fsp3) is 0.938. The van der Waals surface area contributed by atoms with Crippen molar-refractivity contribution in [3.05, 3.63) is 0 Å². The average Bonchev–Trinajstić information content (AvgIpc) is 2.27. The highest BCUT2D eigenvalue weighted by Crippen LogP contribution is 2.44. The zero-order chi connectivity index (χ0) is 15.8. The van der Waals surface area contributed by atoms with E-state index in [4.69, 9.17) is 4.43 Å². The third kappa shape index (κ3) is 3.64. The molecule has 0 saturated heterocycles. The minimum Gasteiger partial charge on any atom is -0.481 e. The second-order valence-electron chi connectivity index (χ2n) is 8.33. The van der Waals surface area contributed by atoms with Gasteiger partial charge in [-0.1, -0.05) is 33.6 Å². The lowest BCUT2D eigenvalue weighted by Gasteiger charge is -2.46. The summed E-state index contributed by atoms with van der Waals surface area (Å²) in [5.74, 6) is -0.573. The van der Waals surface area contributed by atoms with E-state index in [2.05, 4.69) is 33.9 Å². The van der Waals surface area contributed by atoms with Crippen molar-refractivity contribution >= 4 is 14.3 Å². The molecule has 1 saturated carbocycles. The van der Waals surface area contributed by atoms with Crippen molar-refractivity contribution in [3.8, 4) is 0 Å². The molecule has 0 aromatic rings. The third-order valence-electron chi connectivity index (χ3n) is 5.43. The van der Waals surface area contributed by atoms with Crippen molar-refractivity contribution in [2.75, 3.05) is 0 Å². The van der Waals surface area contributed by atoms with E-state index in [9.17, 15) is 9.90 Å². The lowest BCUT2D eigenvalue weighted by molar-refractivity contribution is -0.154. The summed E-state index contributed by atoms with van der Waals surface area (Å²) in [7, 11) is -1.84. The predicted octanol–water partition coefficient (Wildman–Crippen LogP) is 4.68. The number of carbonyl (C=O) groups is 1. The molecule has 0 unspecified atom stereocenters. The maximum atomic E-state index is 11.6. The molecule has 20 heavy (non-hydrogen) atoms. The van der Waals surface area contributed by atoms with E-state index < -0.39 is 19.7 Å². The number of carboxylic acid groups (broad SMARTS) is 1. The van der Waals surface area contributed by atoms with Crippen molar-refractivity contribution < 1.29 is 14.3 Å². The SMILES string of the molecule is CC(C)(C(=O)O)[C@@H]1CCCC[C@H]1O[Si](C)(C)C(C)(C)C. The van der Waals surface area contributed by atoms with Crippen LogP contribution in [0, 0.1) is 11.3 Å². The van der Waals surface area contributed by atoms with Crippen molar-refractivity contribution in [1.82, 2.24) is 0 Å². The summed E-state index contributed by atoms with van der Waals surface area (Å²) in [6, 6.07) is 0. The van der Waals surface area contributed by atoms with Gasteiger partial charge in [-0.3, -0.25) is 4.79 Å². The smallest absolute Gasteiger partial charge is 0.309 e. The minimum absolute atomic E-state index is 0.107. The maximum Gasteiger partial charge on any atom is 0.309 e. The summed E-state index contributed by atoms with van der Waals surface area (Å²) >= 11 is 0. The molecular formula is C16H32O3Si.